The molecule has 0 fully saturated rings. The highest BCUT2D eigenvalue weighted by molar-refractivity contribution is 7.80. The largest absolute Gasteiger partial charge is 0.364 e. The minimum atomic E-state index is 0.163. The van der Waals surface area contributed by atoms with Gasteiger partial charge in [0.15, 0.2) is 5.11 Å². The first kappa shape index (κ1) is 14.5. The van der Waals surface area contributed by atoms with Crippen LogP contribution in [0.15, 0.2) is 46.9 Å². The number of thiocarbonyl (C=S) groups is 1. The third-order valence-corrected chi connectivity index (χ3v) is 5.00. The zero-order valence-corrected chi connectivity index (χ0v) is 13.8. The molecule has 1 aromatic heterocycles. The Morgan fingerprint density at radius 3 is 2.76 bits per heavy atom. The van der Waals surface area contributed by atoms with Gasteiger partial charge in [0.25, 0.3) is 0 Å². The maximum atomic E-state index is 5.95. The van der Waals surface area contributed by atoms with Crippen LogP contribution in [0.3, 0.4) is 0 Å². The van der Waals surface area contributed by atoms with Crippen molar-refractivity contribution in [3.05, 3.63) is 57.2 Å². The third kappa shape index (κ3) is 2.95. The number of nitrogens with zero attached hydrogens (tertiary/aromatic N) is 2. The molecule has 21 heavy (non-hydrogen) atoms. The summed E-state index contributed by atoms with van der Waals surface area (Å²) in [5, 5.41) is 13.1. The van der Waals surface area contributed by atoms with Gasteiger partial charge in [-0.3, -0.25) is 0 Å². The normalized spacial score (nSPS) is 17.7. The Morgan fingerprint density at radius 1 is 1.38 bits per heavy atom. The lowest BCUT2D eigenvalue weighted by Crippen LogP contribution is -2.34. The van der Waals surface area contributed by atoms with E-state index in [9.17, 15) is 0 Å². The van der Waals surface area contributed by atoms with E-state index in [1.807, 2.05) is 36.3 Å². The maximum absolute atomic E-state index is 5.95. The van der Waals surface area contributed by atoms with E-state index in [4.69, 9.17) is 28.9 Å². The van der Waals surface area contributed by atoms with Crippen molar-refractivity contribution < 1.29 is 0 Å². The molecular formula is C15H14ClN3S2. The van der Waals surface area contributed by atoms with Crippen molar-refractivity contribution in [2.75, 3.05) is 7.05 Å². The number of hydrogen-bond acceptors (Lipinski definition) is 3. The molecule has 0 amide bonds. The van der Waals surface area contributed by atoms with Crippen LogP contribution in [0.5, 0.6) is 0 Å². The summed E-state index contributed by atoms with van der Waals surface area (Å²) in [6.07, 6.45) is 0.837. The molecule has 1 aliphatic heterocycles. The average Bonchev–Trinajstić information content (AvgIpc) is 3.16. The smallest absolute Gasteiger partial charge is 0.190 e. The molecule has 1 aliphatic rings. The van der Waals surface area contributed by atoms with Gasteiger partial charge in [-0.15, -0.1) is 11.3 Å². The van der Waals surface area contributed by atoms with Crippen LogP contribution in [0.25, 0.3) is 0 Å². The zero-order valence-electron chi connectivity index (χ0n) is 11.4. The second kappa shape index (κ2) is 6.13. The second-order valence-corrected chi connectivity index (χ2v) is 6.49. The van der Waals surface area contributed by atoms with Crippen molar-refractivity contribution in [1.29, 1.82) is 0 Å². The summed E-state index contributed by atoms with van der Waals surface area (Å²) < 4.78 is 0. The van der Waals surface area contributed by atoms with Gasteiger partial charge in [0, 0.05) is 23.4 Å². The number of halogens is 1. The fourth-order valence-electron chi connectivity index (χ4n) is 2.33. The van der Waals surface area contributed by atoms with E-state index >= 15 is 0 Å². The van der Waals surface area contributed by atoms with E-state index in [1.165, 1.54) is 4.88 Å². The van der Waals surface area contributed by atoms with Gasteiger partial charge < -0.3 is 5.32 Å². The topological polar surface area (TPSA) is 27.6 Å². The van der Waals surface area contributed by atoms with Crippen LogP contribution in [0.2, 0.25) is 5.02 Å². The first-order chi connectivity index (χ1) is 10.2. The summed E-state index contributed by atoms with van der Waals surface area (Å²) in [7, 11) is 1.82. The van der Waals surface area contributed by atoms with E-state index in [0.717, 1.165) is 22.7 Å². The Morgan fingerprint density at radius 2 is 2.14 bits per heavy atom. The highest BCUT2D eigenvalue weighted by Crippen LogP contribution is 2.35. The van der Waals surface area contributed by atoms with Crippen LogP contribution in [0.4, 0.5) is 0 Å². The van der Waals surface area contributed by atoms with Crippen LogP contribution in [-0.2, 0) is 0 Å². The second-order valence-electron chi connectivity index (χ2n) is 4.69. The maximum Gasteiger partial charge on any atom is 0.190 e. The molecule has 0 spiro atoms. The Kier molecular flexibility index (Phi) is 4.24. The van der Waals surface area contributed by atoms with Crippen molar-refractivity contribution in [3.8, 4) is 0 Å². The van der Waals surface area contributed by atoms with E-state index in [2.05, 4.69) is 22.8 Å². The quantitative estimate of drug-likeness (QED) is 0.839. The summed E-state index contributed by atoms with van der Waals surface area (Å²) in [5.41, 5.74) is 2.12. The molecule has 0 radical (unpaired) electrons. The van der Waals surface area contributed by atoms with Crippen LogP contribution < -0.4 is 5.32 Å². The molecule has 1 N–H and O–H groups in total. The first-order valence-electron chi connectivity index (χ1n) is 6.57. The van der Waals surface area contributed by atoms with Gasteiger partial charge in [-0.05, 0) is 41.4 Å². The van der Waals surface area contributed by atoms with E-state index in [1.54, 1.807) is 11.3 Å². The van der Waals surface area contributed by atoms with Crippen LogP contribution in [0, 0.1) is 0 Å². The molecule has 108 valence electrons. The number of hydrazone groups is 1. The summed E-state index contributed by atoms with van der Waals surface area (Å²) >= 11 is 13.1. The molecule has 1 atom stereocenters. The van der Waals surface area contributed by atoms with Gasteiger partial charge in [-0.25, -0.2) is 5.01 Å². The Bertz CT molecular complexity index is 665. The summed E-state index contributed by atoms with van der Waals surface area (Å²) in [6, 6.07) is 12.1. The minimum Gasteiger partial charge on any atom is -0.364 e. The summed E-state index contributed by atoms with van der Waals surface area (Å²) in [6.45, 7) is 0. The number of thiophene rings is 1. The van der Waals surface area contributed by atoms with Gasteiger partial charge in [0.1, 0.15) is 0 Å². The average molecular weight is 336 g/mol. The molecule has 0 bridgehead atoms. The van der Waals surface area contributed by atoms with Crippen LogP contribution in [0.1, 0.15) is 22.9 Å². The van der Waals surface area contributed by atoms with Crippen LogP contribution >= 0.6 is 35.2 Å². The van der Waals surface area contributed by atoms with Gasteiger partial charge in [-0.1, -0.05) is 29.8 Å². The number of nitrogens with one attached hydrogen (secondary N) is 1. The molecule has 1 unspecified atom stereocenters. The molecule has 1 aromatic carbocycles. The lowest BCUT2D eigenvalue weighted by molar-refractivity contribution is 0.371. The molecule has 0 aliphatic carbocycles. The Labute approximate surface area is 138 Å². The summed E-state index contributed by atoms with van der Waals surface area (Å²) in [4.78, 5) is 1.26. The molecule has 0 saturated carbocycles. The summed E-state index contributed by atoms with van der Waals surface area (Å²) in [5.74, 6) is 0. The SMILES string of the molecule is CNC(=S)N1N=C(c2ccc(Cl)cc2)CC1c1cccs1. The number of benzene rings is 1. The molecule has 6 heteroatoms. The highest BCUT2D eigenvalue weighted by Gasteiger charge is 2.31. The van der Waals surface area contributed by atoms with Crippen molar-refractivity contribution >= 4 is 46.0 Å². The van der Waals surface area contributed by atoms with Gasteiger partial charge in [0.2, 0.25) is 0 Å². The van der Waals surface area contributed by atoms with Crippen LogP contribution in [-0.4, -0.2) is 22.9 Å². The molecule has 0 saturated heterocycles. The first-order valence-corrected chi connectivity index (χ1v) is 8.23. The lowest BCUT2D eigenvalue weighted by Gasteiger charge is -2.22. The Balaban J connectivity index is 1.93. The standard InChI is InChI=1S/C15H14ClN3S2/c1-17-15(20)19-13(14-3-2-8-21-14)9-12(18-19)10-4-6-11(16)7-5-10/h2-8,13H,9H2,1H3,(H,17,20). The fraction of sp³-hybridized carbons (Fsp3) is 0.200. The fourth-order valence-corrected chi connectivity index (χ4v) is 3.44. The zero-order chi connectivity index (χ0) is 14.8. The van der Waals surface area contributed by atoms with Crippen molar-refractivity contribution in [1.82, 2.24) is 10.3 Å². The molecule has 2 heterocycles. The number of rotatable bonds is 2. The predicted octanol–water partition coefficient (Wildman–Crippen LogP) is 4.06. The van der Waals surface area contributed by atoms with E-state index < -0.39 is 0 Å². The van der Waals surface area contributed by atoms with Gasteiger partial charge in [-0.2, -0.15) is 5.10 Å². The van der Waals surface area contributed by atoms with Gasteiger partial charge >= 0.3 is 0 Å². The van der Waals surface area contributed by atoms with E-state index in [-0.39, 0.29) is 6.04 Å². The predicted molar refractivity (Wildman–Crippen MR) is 93.2 cm³/mol. The monoisotopic (exact) mass is 335 g/mol. The van der Waals surface area contributed by atoms with Crippen molar-refractivity contribution in [2.45, 2.75) is 12.5 Å². The molecular weight excluding hydrogens is 322 g/mol. The third-order valence-electron chi connectivity index (χ3n) is 3.38. The lowest BCUT2D eigenvalue weighted by atomic mass is 10.0. The van der Waals surface area contributed by atoms with Crippen molar-refractivity contribution in [2.24, 2.45) is 5.10 Å². The molecule has 3 nitrogen and oxygen atoms in total. The highest BCUT2D eigenvalue weighted by atomic mass is 35.5. The molecule has 2 aromatic rings. The number of hydrogen-bond donors (Lipinski definition) is 1. The van der Waals surface area contributed by atoms with Gasteiger partial charge in [0.05, 0.1) is 11.8 Å². The minimum absolute atomic E-state index is 0.163. The van der Waals surface area contributed by atoms with Crippen molar-refractivity contribution in [3.63, 3.8) is 0 Å². The van der Waals surface area contributed by atoms with E-state index in [0.29, 0.717) is 5.11 Å². The Hall–Kier alpha value is -1.43. The molecule has 3 rings (SSSR count).